The van der Waals surface area contributed by atoms with Gasteiger partial charge in [-0.15, -0.1) is 0 Å². The highest BCUT2D eigenvalue weighted by atomic mass is 19.4. The Morgan fingerprint density at radius 3 is 1.88 bits per heavy atom. The molecule has 3 heterocycles. The smallest absolute Gasteiger partial charge is 0.301 e. The lowest BCUT2D eigenvalue weighted by molar-refractivity contribution is -0.137. The Kier molecular flexibility index (Phi) is 5.83. The van der Waals surface area contributed by atoms with Gasteiger partial charge in [0.2, 0.25) is 0 Å². The highest BCUT2D eigenvalue weighted by Crippen LogP contribution is 2.50. The summed E-state index contributed by atoms with van der Waals surface area (Å²) in [7, 11) is 0. The molecule has 6 rings (SSSR count). The van der Waals surface area contributed by atoms with Crippen molar-refractivity contribution in [2.24, 2.45) is 10.9 Å². The van der Waals surface area contributed by atoms with Gasteiger partial charge >= 0.3 is 6.18 Å². The minimum atomic E-state index is -4.41. The number of alkyl halides is 3. The molecule has 3 fully saturated rings. The summed E-state index contributed by atoms with van der Waals surface area (Å²) < 4.78 is 41.0. The predicted molar refractivity (Wildman–Crippen MR) is 126 cm³/mol. The van der Waals surface area contributed by atoms with Gasteiger partial charge in [-0.25, -0.2) is 0 Å². The van der Waals surface area contributed by atoms with Crippen LogP contribution in [-0.2, 0) is 6.18 Å². The van der Waals surface area contributed by atoms with Crippen molar-refractivity contribution < 1.29 is 13.2 Å². The summed E-state index contributed by atoms with van der Waals surface area (Å²) in [5.74, 6) is 0.268. The largest absolute Gasteiger partial charge is 0.417 e. The highest BCUT2D eigenvalue weighted by molar-refractivity contribution is 5.82. The Balaban J connectivity index is 1.67. The van der Waals surface area contributed by atoms with Crippen LogP contribution in [0.4, 0.5) is 13.2 Å². The molecule has 5 heteroatoms. The molecule has 1 unspecified atom stereocenters. The van der Waals surface area contributed by atoms with Crippen LogP contribution in [0.3, 0.4) is 0 Å². The molecule has 1 atom stereocenters. The van der Waals surface area contributed by atoms with Crippen LogP contribution in [0.25, 0.3) is 0 Å². The van der Waals surface area contributed by atoms with E-state index in [0.717, 1.165) is 49.7 Å². The maximum absolute atomic E-state index is 13.7. The summed E-state index contributed by atoms with van der Waals surface area (Å²) in [5.41, 5.74) is 1.26. The number of nitrogens with zero attached hydrogens (tertiary/aromatic N) is 2. The van der Waals surface area contributed by atoms with Crippen LogP contribution in [0.2, 0.25) is 0 Å². The van der Waals surface area contributed by atoms with Crippen molar-refractivity contribution in [1.82, 2.24) is 4.90 Å². The van der Waals surface area contributed by atoms with Gasteiger partial charge in [-0.3, -0.25) is 4.99 Å². The molecule has 2 nitrogen and oxygen atoms in total. The van der Waals surface area contributed by atoms with Gasteiger partial charge in [-0.1, -0.05) is 78.9 Å². The fourth-order valence-electron chi connectivity index (χ4n) is 5.74. The molecule has 0 N–H and O–H groups in total. The summed E-state index contributed by atoms with van der Waals surface area (Å²) in [6, 6.07) is 26.3. The van der Waals surface area contributed by atoms with Gasteiger partial charge in [0.05, 0.1) is 11.1 Å². The van der Waals surface area contributed by atoms with Crippen molar-refractivity contribution in [3.05, 3.63) is 107 Å². The van der Waals surface area contributed by atoms with Gasteiger partial charge < -0.3 is 4.90 Å². The van der Waals surface area contributed by atoms with E-state index in [9.17, 15) is 13.2 Å². The first-order chi connectivity index (χ1) is 16.0. The van der Waals surface area contributed by atoms with Crippen molar-refractivity contribution in [3.8, 4) is 0 Å². The first kappa shape index (κ1) is 21.9. The van der Waals surface area contributed by atoms with E-state index < -0.39 is 17.3 Å². The number of halogens is 3. The Bertz CT molecular complexity index is 1060. The minimum Gasteiger partial charge on any atom is -0.301 e. The number of rotatable bonds is 5. The average molecular weight is 449 g/mol. The van der Waals surface area contributed by atoms with Crippen molar-refractivity contribution >= 4 is 6.21 Å². The third kappa shape index (κ3) is 4.22. The van der Waals surface area contributed by atoms with E-state index in [4.69, 9.17) is 4.99 Å². The standard InChI is InChI=1S/C28H27F3N2/c29-28(30,31)25-14-8-7-13-23(25)19-32-27(20-33-17-15-24(27)16-18-33)26(21-9-3-1-4-10-21)22-11-5-2-6-12-22/h1-14,19,24,26H,15-18,20H2/b32-19-. The zero-order chi connectivity index (χ0) is 22.9. The Morgan fingerprint density at radius 1 is 0.818 bits per heavy atom. The predicted octanol–water partition coefficient (Wildman–Crippen LogP) is 6.42. The number of aliphatic imine (C=N–C) groups is 1. The summed E-state index contributed by atoms with van der Waals surface area (Å²) in [6.07, 6.45) is -0.907. The highest BCUT2D eigenvalue weighted by Gasteiger charge is 2.52. The molecule has 0 spiro atoms. The topological polar surface area (TPSA) is 15.6 Å². The molecular weight excluding hydrogens is 421 g/mol. The molecule has 3 aliphatic rings. The van der Waals surface area contributed by atoms with Crippen LogP contribution >= 0.6 is 0 Å². The van der Waals surface area contributed by atoms with Crippen LogP contribution in [0.15, 0.2) is 89.9 Å². The van der Waals surface area contributed by atoms with Crippen molar-refractivity contribution in [2.75, 3.05) is 19.6 Å². The molecule has 0 radical (unpaired) electrons. The molecule has 3 aromatic carbocycles. The summed E-state index contributed by atoms with van der Waals surface area (Å²) in [4.78, 5) is 7.55. The molecular formula is C28H27F3N2. The maximum Gasteiger partial charge on any atom is 0.417 e. The van der Waals surface area contributed by atoms with E-state index in [1.807, 2.05) is 36.4 Å². The Labute approximate surface area is 192 Å². The van der Waals surface area contributed by atoms with Gasteiger partial charge in [0.1, 0.15) is 0 Å². The third-order valence-corrected chi connectivity index (χ3v) is 7.25. The molecule has 2 bridgehead atoms. The minimum absolute atomic E-state index is 0.0395. The molecule has 3 aliphatic heterocycles. The van der Waals surface area contributed by atoms with E-state index in [1.54, 1.807) is 6.07 Å². The molecule has 0 saturated carbocycles. The van der Waals surface area contributed by atoms with Crippen molar-refractivity contribution in [1.29, 1.82) is 0 Å². The molecule has 0 aromatic heterocycles. The van der Waals surface area contributed by atoms with Crippen LogP contribution in [0.1, 0.15) is 41.0 Å². The fourth-order valence-corrected chi connectivity index (χ4v) is 5.74. The lowest BCUT2D eigenvalue weighted by Gasteiger charge is -2.54. The molecule has 33 heavy (non-hydrogen) atoms. The summed E-state index contributed by atoms with van der Waals surface area (Å²) >= 11 is 0. The first-order valence-corrected chi connectivity index (χ1v) is 11.5. The lowest BCUT2D eigenvalue weighted by Crippen LogP contribution is -2.61. The number of hydrogen-bond acceptors (Lipinski definition) is 2. The van der Waals surface area contributed by atoms with Crippen LogP contribution in [-0.4, -0.2) is 36.3 Å². The number of fused-ring (bicyclic) bond motifs is 3. The second-order valence-electron chi connectivity index (χ2n) is 9.14. The van der Waals surface area contributed by atoms with E-state index in [-0.39, 0.29) is 11.5 Å². The van der Waals surface area contributed by atoms with Crippen LogP contribution in [0.5, 0.6) is 0 Å². The molecule has 3 saturated heterocycles. The van der Waals surface area contributed by atoms with E-state index in [2.05, 4.69) is 29.2 Å². The Morgan fingerprint density at radius 2 is 1.36 bits per heavy atom. The second kappa shape index (κ2) is 8.79. The first-order valence-electron chi connectivity index (χ1n) is 11.5. The summed E-state index contributed by atoms with van der Waals surface area (Å²) in [5, 5.41) is 0. The number of piperidine rings is 3. The van der Waals surface area contributed by atoms with Gasteiger partial charge in [0, 0.05) is 24.2 Å². The van der Waals surface area contributed by atoms with Gasteiger partial charge in [0.25, 0.3) is 0 Å². The number of hydrogen-bond donors (Lipinski definition) is 0. The molecule has 170 valence electrons. The van der Waals surface area contributed by atoms with Gasteiger partial charge in [-0.05, 0) is 49.0 Å². The zero-order valence-electron chi connectivity index (χ0n) is 18.4. The van der Waals surface area contributed by atoms with Crippen molar-refractivity contribution in [2.45, 2.75) is 30.5 Å². The molecule has 0 aliphatic carbocycles. The normalized spacial score (nSPS) is 25.1. The molecule has 3 aromatic rings. The van der Waals surface area contributed by atoms with Gasteiger partial charge in [0.15, 0.2) is 0 Å². The van der Waals surface area contributed by atoms with Crippen molar-refractivity contribution in [3.63, 3.8) is 0 Å². The summed E-state index contributed by atoms with van der Waals surface area (Å²) in [6.45, 7) is 2.80. The van der Waals surface area contributed by atoms with E-state index in [0.29, 0.717) is 5.92 Å². The maximum atomic E-state index is 13.7. The SMILES string of the molecule is FC(F)(F)c1ccccc1/C=N\C1(C(c2ccccc2)c2ccccc2)CN2CCC1CC2. The quantitative estimate of drug-likeness (QED) is 0.411. The fraction of sp³-hybridized carbons (Fsp3) is 0.321. The van der Waals surface area contributed by atoms with E-state index >= 15 is 0 Å². The number of benzene rings is 3. The monoisotopic (exact) mass is 448 g/mol. The average Bonchev–Trinajstić information content (AvgIpc) is 2.85. The van der Waals surface area contributed by atoms with Gasteiger partial charge in [-0.2, -0.15) is 13.2 Å². The van der Waals surface area contributed by atoms with E-state index in [1.165, 1.54) is 18.3 Å². The lowest BCUT2D eigenvalue weighted by atomic mass is 9.62. The second-order valence-corrected chi connectivity index (χ2v) is 9.14. The van der Waals surface area contributed by atoms with Crippen LogP contribution < -0.4 is 0 Å². The third-order valence-electron chi connectivity index (χ3n) is 7.25. The zero-order valence-corrected chi connectivity index (χ0v) is 18.4. The Hall–Kier alpha value is -2.92. The molecule has 0 amide bonds. The van der Waals surface area contributed by atoms with Crippen LogP contribution in [0, 0.1) is 5.92 Å².